The van der Waals surface area contributed by atoms with Crippen molar-refractivity contribution in [2.75, 3.05) is 0 Å². The molecule has 0 saturated carbocycles. The topological polar surface area (TPSA) is 81.2 Å². The Hall–Kier alpha value is 1.68. The molecule has 0 saturated heterocycles. The Morgan fingerprint density at radius 2 is 1.00 bits per heavy atom. The summed E-state index contributed by atoms with van der Waals surface area (Å²) in [5.41, 5.74) is 0. The van der Waals surface area contributed by atoms with Crippen molar-refractivity contribution in [2.24, 2.45) is 0 Å². The monoisotopic (exact) mass is 202 g/mol. The van der Waals surface area contributed by atoms with Crippen LogP contribution in [0.2, 0.25) is 0 Å². The Bertz CT molecular complexity index is 76.9. The summed E-state index contributed by atoms with van der Waals surface area (Å²) < 4.78 is 25.8. The van der Waals surface area contributed by atoms with Gasteiger partial charge in [0.05, 0.1) is 0 Å². The van der Waals surface area contributed by atoms with Crippen LogP contribution < -0.4 is 51.4 Å². The quantitative estimate of drug-likeness (QED) is 0.379. The van der Waals surface area contributed by atoms with Crippen LogP contribution in [-0.2, 0) is 27.4 Å². The first-order chi connectivity index (χ1) is 1.73. The molecule has 0 aromatic rings. The molecule has 0 spiro atoms. The van der Waals surface area contributed by atoms with Crippen molar-refractivity contribution in [3.05, 3.63) is 0 Å². The third-order valence-corrected chi connectivity index (χ3v) is 0. The number of hydrogen-bond donors (Lipinski definition) is 0. The van der Waals surface area contributed by atoms with Gasteiger partial charge in [-0.1, -0.05) is 0 Å². The van der Waals surface area contributed by atoms with Crippen LogP contribution in [0.3, 0.4) is 0 Å². The van der Waals surface area contributed by atoms with Gasteiger partial charge in [0.1, 0.15) is 0 Å². The predicted molar refractivity (Wildman–Crippen MR) is 4.00 cm³/mol. The van der Waals surface area contributed by atoms with Gasteiger partial charge in [0.2, 0.25) is 0 Å². The van der Waals surface area contributed by atoms with Gasteiger partial charge < -0.3 is 5.48 Å². The van der Waals surface area contributed by atoms with Crippen molar-refractivity contribution in [3.63, 3.8) is 0 Å². The van der Waals surface area contributed by atoms with Crippen molar-refractivity contribution in [2.45, 2.75) is 0 Å². The minimum atomic E-state index is -4.11. The molecule has 32 valence electrons. The zero-order valence-electron chi connectivity index (χ0n) is 3.08. The van der Waals surface area contributed by atoms with Gasteiger partial charge in [0, 0.05) is 0 Å². The molecule has 0 amide bonds. The summed E-state index contributed by atoms with van der Waals surface area (Å²) in [6.45, 7) is 0. The third kappa shape index (κ3) is 44.0. The second-order valence-corrected chi connectivity index (χ2v) is 1.21. The fraction of sp³-hybridized carbons (Fsp3) is 0. The fourth-order valence-electron chi connectivity index (χ4n) is 0. The molecule has 0 bridgehead atoms. The van der Waals surface area contributed by atoms with Gasteiger partial charge in [-0.25, -0.2) is 0 Å². The predicted octanol–water partition coefficient (Wildman–Crippen LogP) is -3.53. The molecule has 1 N–H and O–H groups in total. The Balaban J connectivity index is -0.0000000450. The van der Waals surface area contributed by atoms with Gasteiger partial charge in [-0.2, -0.15) is 0 Å². The van der Waals surface area contributed by atoms with E-state index in [1.54, 1.807) is 0 Å². The average molecular weight is 200 g/mol. The molecule has 4 nitrogen and oxygen atoms in total. The van der Waals surface area contributed by atoms with Crippen LogP contribution in [0.25, 0.3) is 0 Å². The Morgan fingerprint density at radius 3 is 1.00 bits per heavy atom. The molecule has 0 unspecified atom stereocenters. The molecule has 0 fully saturated rings. The van der Waals surface area contributed by atoms with Crippen LogP contribution in [0.4, 0.5) is 0 Å². The van der Waals surface area contributed by atoms with Crippen molar-refractivity contribution in [3.8, 4) is 0 Å². The normalized spacial score (nSPS) is 4.00. The van der Waals surface area contributed by atoms with Crippen LogP contribution >= 0.6 is 0 Å². The SMILES string of the molecule is [K+].[OH-].[O]=[Mo](=[O])=[O]. The van der Waals surface area contributed by atoms with Gasteiger partial charge >= 0.3 is 78.8 Å². The average Bonchev–Trinajstić information content (AvgIpc) is 0.811. The summed E-state index contributed by atoms with van der Waals surface area (Å²) in [4.78, 5) is 0. The Morgan fingerprint density at radius 1 is 1.00 bits per heavy atom. The third-order valence-electron chi connectivity index (χ3n) is 0. The van der Waals surface area contributed by atoms with Crippen LogP contribution in [-0.4, -0.2) is 5.48 Å². The Labute approximate surface area is 82.5 Å². The summed E-state index contributed by atoms with van der Waals surface area (Å²) in [7, 11) is 0. The van der Waals surface area contributed by atoms with Gasteiger partial charge in [0.25, 0.3) is 0 Å². The van der Waals surface area contributed by atoms with Gasteiger partial charge in [-0.05, 0) is 0 Å². The number of rotatable bonds is 0. The van der Waals surface area contributed by atoms with Crippen LogP contribution in [0.1, 0.15) is 0 Å². The van der Waals surface area contributed by atoms with E-state index in [1.165, 1.54) is 0 Å². The van der Waals surface area contributed by atoms with E-state index >= 15 is 0 Å². The van der Waals surface area contributed by atoms with E-state index in [4.69, 9.17) is 10.2 Å². The van der Waals surface area contributed by atoms with Crippen LogP contribution in [0.5, 0.6) is 0 Å². The summed E-state index contributed by atoms with van der Waals surface area (Å²) in [6.07, 6.45) is 0. The van der Waals surface area contributed by atoms with E-state index in [0.717, 1.165) is 0 Å². The molecule has 0 aromatic carbocycles. The van der Waals surface area contributed by atoms with Crippen LogP contribution in [0, 0.1) is 0 Å². The summed E-state index contributed by atoms with van der Waals surface area (Å²) >= 11 is -4.11. The van der Waals surface area contributed by atoms with E-state index in [9.17, 15) is 0 Å². The molecule has 0 heterocycles. The summed E-state index contributed by atoms with van der Waals surface area (Å²) in [5, 5.41) is 0. The first-order valence-corrected chi connectivity index (χ1v) is 2.96. The molecule has 0 rings (SSSR count). The molecular formula is HKMoO4. The molecule has 0 aliphatic carbocycles. The first-order valence-electron chi connectivity index (χ1n) is 0.500. The van der Waals surface area contributed by atoms with Crippen molar-refractivity contribution in [1.82, 2.24) is 0 Å². The van der Waals surface area contributed by atoms with Gasteiger partial charge in [-0.15, -0.1) is 0 Å². The van der Waals surface area contributed by atoms with E-state index in [1.807, 2.05) is 0 Å². The molecular weight excluding hydrogens is 199 g/mol. The Kier molecular flexibility index (Phi) is 25.7. The first kappa shape index (κ1) is 15.6. The summed E-state index contributed by atoms with van der Waals surface area (Å²) in [5.74, 6) is 0. The zero-order valence-corrected chi connectivity index (χ0v) is 8.21. The van der Waals surface area contributed by atoms with Gasteiger partial charge in [-0.3, -0.25) is 0 Å². The molecule has 0 aliphatic heterocycles. The van der Waals surface area contributed by atoms with E-state index in [2.05, 4.69) is 0 Å². The zero-order chi connectivity index (χ0) is 3.58. The molecule has 0 atom stereocenters. The minimum absolute atomic E-state index is 0. The van der Waals surface area contributed by atoms with Crippen molar-refractivity contribution in [1.29, 1.82) is 0 Å². The maximum absolute atomic E-state index is 8.59. The molecule has 0 radical (unpaired) electrons. The fourth-order valence-corrected chi connectivity index (χ4v) is 0. The van der Waals surface area contributed by atoms with E-state index in [-0.39, 0.29) is 56.9 Å². The van der Waals surface area contributed by atoms with Crippen molar-refractivity contribution < 1.29 is 84.3 Å². The molecule has 6 heteroatoms. The molecule has 6 heavy (non-hydrogen) atoms. The summed E-state index contributed by atoms with van der Waals surface area (Å²) in [6, 6.07) is 0. The maximum atomic E-state index is 8.59. The second kappa shape index (κ2) is 9.84. The standard InChI is InChI=1S/K.Mo.H2O.3O/h;;1H2;;;/q+1;;;;;/p-1. The molecule has 0 aromatic heterocycles. The molecule has 0 aliphatic rings. The van der Waals surface area contributed by atoms with Crippen LogP contribution in [0.15, 0.2) is 0 Å². The van der Waals surface area contributed by atoms with E-state index in [0.29, 0.717) is 0 Å². The van der Waals surface area contributed by atoms with Crippen molar-refractivity contribution >= 4 is 0 Å². The number of hydrogen-bond acceptors (Lipinski definition) is 4. The van der Waals surface area contributed by atoms with Gasteiger partial charge in [0.15, 0.2) is 0 Å². The second-order valence-electron chi connectivity index (χ2n) is 0.204. The van der Waals surface area contributed by atoms with E-state index < -0.39 is 17.2 Å².